The number of rotatable bonds is 2. The molecule has 4 fully saturated rings. The van der Waals surface area contributed by atoms with Crippen molar-refractivity contribution in [3.63, 3.8) is 0 Å². The van der Waals surface area contributed by atoms with Crippen LogP contribution in [0.1, 0.15) is 71.6 Å². The van der Waals surface area contributed by atoms with Gasteiger partial charge in [-0.25, -0.2) is 9.59 Å². The molecule has 0 radical (unpaired) electrons. The fourth-order valence-electron chi connectivity index (χ4n) is 9.06. The number of cyclic esters (lactones) is 1. The number of aliphatic hydroxyl groups excluding tert-OH is 1. The van der Waals surface area contributed by atoms with Crippen LogP contribution in [0.3, 0.4) is 0 Å². The van der Waals surface area contributed by atoms with Crippen LogP contribution < -0.4 is 5.32 Å². The van der Waals surface area contributed by atoms with Gasteiger partial charge in [-0.2, -0.15) is 0 Å². The minimum Gasteiger partial charge on any atom is -0.458 e. The lowest BCUT2D eigenvalue weighted by Gasteiger charge is -2.60. The minimum absolute atomic E-state index is 0.0121. The Morgan fingerprint density at radius 2 is 2.03 bits per heavy atom. The molecule has 2 amide bonds. The SMILES string of the molecule is C[C@]12CC[C@H](NC(=O)N3CC[C@H](O)C3)C[C@H]1CC[C@H]1C3=CC[C@H](C4=CC(=O)OC4)[C@@]3(C)CC[C@@H]12. The molecular weight excluding hydrogens is 428 g/mol. The van der Waals surface area contributed by atoms with Crippen molar-refractivity contribution in [1.29, 1.82) is 0 Å². The normalized spacial score (nSPS) is 45.6. The summed E-state index contributed by atoms with van der Waals surface area (Å²) in [5, 5.41) is 13.1. The van der Waals surface area contributed by atoms with E-state index in [2.05, 4.69) is 25.2 Å². The first-order valence-corrected chi connectivity index (χ1v) is 13.6. The molecule has 0 aromatic carbocycles. The number of nitrogens with zero attached hydrogens (tertiary/aromatic N) is 1. The number of fused-ring (bicyclic) bond motifs is 5. The zero-order valence-electron chi connectivity index (χ0n) is 20.7. The van der Waals surface area contributed by atoms with Crippen LogP contribution in [-0.2, 0) is 9.53 Å². The Morgan fingerprint density at radius 1 is 1.18 bits per heavy atom. The van der Waals surface area contributed by atoms with Crippen molar-refractivity contribution in [2.45, 2.75) is 83.8 Å². The molecule has 2 aliphatic heterocycles. The molecule has 2 N–H and O–H groups in total. The van der Waals surface area contributed by atoms with Gasteiger partial charge in [0.15, 0.2) is 0 Å². The van der Waals surface area contributed by atoms with E-state index < -0.39 is 0 Å². The van der Waals surface area contributed by atoms with Crippen molar-refractivity contribution in [3.05, 3.63) is 23.3 Å². The van der Waals surface area contributed by atoms with Crippen LogP contribution in [0.4, 0.5) is 4.79 Å². The average molecular weight is 469 g/mol. The third-order valence-corrected chi connectivity index (χ3v) is 11.0. The Morgan fingerprint density at radius 3 is 2.76 bits per heavy atom. The first-order valence-electron chi connectivity index (χ1n) is 13.6. The molecular formula is C28H40N2O4. The second kappa shape index (κ2) is 8.11. The van der Waals surface area contributed by atoms with Gasteiger partial charge >= 0.3 is 12.0 Å². The van der Waals surface area contributed by atoms with Gasteiger partial charge in [0.2, 0.25) is 0 Å². The Bertz CT molecular complexity index is 943. The molecule has 1 saturated heterocycles. The summed E-state index contributed by atoms with van der Waals surface area (Å²) in [5.41, 5.74) is 3.41. The Balaban J connectivity index is 1.14. The molecule has 6 aliphatic rings. The van der Waals surface area contributed by atoms with Crippen molar-refractivity contribution in [2.24, 2.45) is 34.5 Å². The Labute approximate surface area is 203 Å². The molecule has 4 aliphatic carbocycles. The maximum Gasteiger partial charge on any atom is 0.331 e. The molecule has 6 nitrogen and oxygen atoms in total. The number of aliphatic hydroxyl groups is 1. The molecule has 8 atom stereocenters. The van der Waals surface area contributed by atoms with E-state index in [4.69, 9.17) is 4.74 Å². The van der Waals surface area contributed by atoms with Gasteiger partial charge in [-0.05, 0) is 97.9 Å². The predicted molar refractivity (Wildman–Crippen MR) is 129 cm³/mol. The lowest BCUT2D eigenvalue weighted by Crippen LogP contribution is -2.54. The van der Waals surface area contributed by atoms with Gasteiger partial charge in [-0.3, -0.25) is 0 Å². The van der Waals surface area contributed by atoms with Gasteiger partial charge in [-0.15, -0.1) is 0 Å². The van der Waals surface area contributed by atoms with E-state index in [1.54, 1.807) is 16.5 Å². The molecule has 186 valence electrons. The molecule has 6 heteroatoms. The largest absolute Gasteiger partial charge is 0.458 e. The third kappa shape index (κ3) is 3.46. The summed E-state index contributed by atoms with van der Waals surface area (Å²) in [5.74, 6) is 2.32. The van der Waals surface area contributed by atoms with E-state index in [1.807, 2.05) is 0 Å². The quantitative estimate of drug-likeness (QED) is 0.470. The number of allylic oxidation sites excluding steroid dienone is 2. The van der Waals surface area contributed by atoms with Gasteiger partial charge in [0.05, 0.1) is 6.10 Å². The maximum atomic E-state index is 12.7. The van der Waals surface area contributed by atoms with Gasteiger partial charge in [0, 0.05) is 25.2 Å². The van der Waals surface area contributed by atoms with Crippen LogP contribution in [0.5, 0.6) is 0 Å². The van der Waals surface area contributed by atoms with Crippen molar-refractivity contribution < 1.29 is 19.4 Å². The van der Waals surface area contributed by atoms with E-state index in [0.29, 0.717) is 49.3 Å². The summed E-state index contributed by atoms with van der Waals surface area (Å²) < 4.78 is 5.27. The molecule has 0 aromatic rings. The molecule has 3 saturated carbocycles. The predicted octanol–water partition coefficient (Wildman–Crippen LogP) is 4.19. The van der Waals surface area contributed by atoms with E-state index in [9.17, 15) is 14.7 Å². The standard InChI is InChI=1S/C28H40N2O4/c1-27-10-7-19(29-26(33)30-12-9-20(31)15-30)14-18(27)3-4-21-23-6-5-22(17-13-25(32)34-16-17)28(23,2)11-8-24(21)27/h6,13,18-22,24,31H,3-5,7-12,14-16H2,1-2H3,(H,29,33)/t18-,19+,20+,21+,22-,24+,27+,28-/m1/s1. The van der Waals surface area contributed by atoms with Crippen LogP contribution >= 0.6 is 0 Å². The topological polar surface area (TPSA) is 78.9 Å². The summed E-state index contributed by atoms with van der Waals surface area (Å²) in [7, 11) is 0. The van der Waals surface area contributed by atoms with Gasteiger partial charge < -0.3 is 20.1 Å². The third-order valence-electron chi connectivity index (χ3n) is 11.0. The first-order chi connectivity index (χ1) is 16.3. The summed E-state index contributed by atoms with van der Waals surface area (Å²) >= 11 is 0. The number of ether oxygens (including phenoxy) is 1. The number of hydrogen-bond acceptors (Lipinski definition) is 4. The smallest absolute Gasteiger partial charge is 0.331 e. The number of urea groups is 1. The highest BCUT2D eigenvalue weighted by molar-refractivity contribution is 5.85. The van der Waals surface area contributed by atoms with Crippen molar-refractivity contribution in [2.75, 3.05) is 19.7 Å². The van der Waals surface area contributed by atoms with E-state index in [-0.39, 0.29) is 29.6 Å². The molecule has 2 heterocycles. The molecule has 34 heavy (non-hydrogen) atoms. The van der Waals surface area contributed by atoms with Gasteiger partial charge in [0.25, 0.3) is 0 Å². The number of esters is 1. The number of likely N-dealkylation sites (tertiary alicyclic amines) is 1. The average Bonchev–Trinajstić information content (AvgIpc) is 3.51. The zero-order chi connectivity index (χ0) is 23.7. The number of carbonyl (C=O) groups excluding carboxylic acids is 2. The van der Waals surface area contributed by atoms with E-state index in [1.165, 1.54) is 37.7 Å². The Hall–Kier alpha value is -1.82. The molecule has 0 aromatic heterocycles. The number of hydrogen-bond donors (Lipinski definition) is 2. The second-order valence-corrected chi connectivity index (χ2v) is 12.5. The molecule has 0 spiro atoms. The first kappa shape index (κ1) is 22.6. The fourth-order valence-corrected chi connectivity index (χ4v) is 9.06. The maximum absolute atomic E-state index is 12.7. The summed E-state index contributed by atoms with van der Waals surface area (Å²) in [6.45, 7) is 6.61. The fraction of sp³-hybridized carbons (Fsp3) is 0.786. The lowest BCUT2D eigenvalue weighted by molar-refractivity contribution is -0.135. The summed E-state index contributed by atoms with van der Waals surface area (Å²) in [6.07, 6.45) is 14.0. The molecule has 0 unspecified atom stereocenters. The highest BCUT2D eigenvalue weighted by Gasteiger charge is 2.58. The van der Waals surface area contributed by atoms with Crippen LogP contribution in [-0.4, -0.2) is 53.8 Å². The van der Waals surface area contributed by atoms with Gasteiger partial charge in [-0.1, -0.05) is 25.5 Å². The van der Waals surface area contributed by atoms with Crippen LogP contribution in [0, 0.1) is 34.5 Å². The number of β-amino-alcohol motifs (C(OH)–C–C–N with tert-alkyl or cyclic N) is 1. The lowest BCUT2D eigenvalue weighted by atomic mass is 9.45. The highest BCUT2D eigenvalue weighted by Crippen LogP contribution is 2.66. The highest BCUT2D eigenvalue weighted by atomic mass is 16.5. The molecule has 6 rings (SSSR count). The zero-order valence-corrected chi connectivity index (χ0v) is 20.7. The van der Waals surface area contributed by atoms with Crippen molar-refractivity contribution >= 4 is 12.0 Å². The second-order valence-electron chi connectivity index (χ2n) is 12.5. The monoisotopic (exact) mass is 468 g/mol. The minimum atomic E-state index is -0.366. The Kier molecular flexibility index (Phi) is 5.40. The van der Waals surface area contributed by atoms with E-state index >= 15 is 0 Å². The van der Waals surface area contributed by atoms with Gasteiger partial charge in [0.1, 0.15) is 6.61 Å². The van der Waals surface area contributed by atoms with Crippen LogP contribution in [0.15, 0.2) is 23.3 Å². The number of nitrogens with one attached hydrogen (secondary N) is 1. The number of carbonyl (C=O) groups is 2. The number of amides is 2. The molecule has 0 bridgehead atoms. The van der Waals surface area contributed by atoms with Crippen LogP contribution in [0.2, 0.25) is 0 Å². The van der Waals surface area contributed by atoms with Crippen molar-refractivity contribution in [1.82, 2.24) is 10.2 Å². The van der Waals surface area contributed by atoms with Crippen molar-refractivity contribution in [3.8, 4) is 0 Å². The van der Waals surface area contributed by atoms with Crippen LogP contribution in [0.25, 0.3) is 0 Å². The summed E-state index contributed by atoms with van der Waals surface area (Å²) in [4.78, 5) is 26.2. The van der Waals surface area contributed by atoms with E-state index in [0.717, 1.165) is 25.2 Å². The summed E-state index contributed by atoms with van der Waals surface area (Å²) in [6, 6.07) is 0.272.